The summed E-state index contributed by atoms with van der Waals surface area (Å²) >= 11 is 3.72. The number of hydrogen-bond acceptors (Lipinski definition) is 1. The van der Waals surface area contributed by atoms with Crippen molar-refractivity contribution in [3.8, 4) is 33.4 Å². The van der Waals surface area contributed by atoms with Gasteiger partial charge in [0.2, 0.25) is 0 Å². The second-order valence-electron chi connectivity index (χ2n) is 6.43. The lowest BCUT2D eigenvalue weighted by Gasteiger charge is -2.19. The maximum absolute atomic E-state index is 12.5. The number of benzene rings is 4. The first-order valence-electron chi connectivity index (χ1n) is 8.93. The average molecular weight is 429 g/mol. The van der Waals surface area contributed by atoms with Crippen LogP contribution in [0.2, 0.25) is 0 Å². The van der Waals surface area contributed by atoms with E-state index in [4.69, 9.17) is 0 Å². The Kier molecular flexibility index (Phi) is 5.09. The van der Waals surface area contributed by atoms with Crippen molar-refractivity contribution in [3.63, 3.8) is 0 Å². The zero-order valence-electron chi connectivity index (χ0n) is 15.0. The van der Waals surface area contributed by atoms with Gasteiger partial charge in [-0.2, -0.15) is 0 Å². The highest BCUT2D eigenvalue weighted by molar-refractivity contribution is 9.10. The number of hydrogen-bond donors (Lipinski definition) is 1. The van der Waals surface area contributed by atoms with Crippen LogP contribution < -0.4 is 0 Å². The van der Waals surface area contributed by atoms with Crippen molar-refractivity contribution >= 4 is 21.9 Å². The summed E-state index contributed by atoms with van der Waals surface area (Å²) in [5.74, 6) is -0.942. The van der Waals surface area contributed by atoms with E-state index in [1.165, 1.54) is 0 Å². The highest BCUT2D eigenvalue weighted by Gasteiger charge is 2.24. The van der Waals surface area contributed by atoms with Crippen molar-refractivity contribution < 1.29 is 9.90 Å². The first-order chi connectivity index (χ1) is 13.7. The minimum atomic E-state index is -0.942. The largest absolute Gasteiger partial charge is 0.478 e. The maximum Gasteiger partial charge on any atom is 0.336 e. The summed E-state index contributed by atoms with van der Waals surface area (Å²) in [6.07, 6.45) is 0. The fourth-order valence-corrected chi connectivity index (χ4v) is 4.15. The molecule has 4 rings (SSSR count). The quantitative estimate of drug-likeness (QED) is 0.374. The molecule has 0 spiro atoms. The number of halogens is 1. The predicted octanol–water partition coefficient (Wildman–Crippen LogP) is 7.15. The summed E-state index contributed by atoms with van der Waals surface area (Å²) in [6, 6.07) is 31.1. The van der Waals surface area contributed by atoms with Crippen molar-refractivity contribution in [2.45, 2.75) is 0 Å². The van der Waals surface area contributed by atoms with Crippen LogP contribution in [0.3, 0.4) is 0 Å². The van der Waals surface area contributed by atoms with E-state index in [1.807, 2.05) is 97.1 Å². The number of rotatable bonds is 4. The van der Waals surface area contributed by atoms with Crippen molar-refractivity contribution in [2.24, 2.45) is 0 Å². The summed E-state index contributed by atoms with van der Waals surface area (Å²) in [7, 11) is 0. The van der Waals surface area contributed by atoms with E-state index in [1.54, 1.807) is 0 Å². The van der Waals surface area contributed by atoms with E-state index in [0.29, 0.717) is 16.7 Å². The van der Waals surface area contributed by atoms with Gasteiger partial charge < -0.3 is 5.11 Å². The Labute approximate surface area is 172 Å². The zero-order chi connectivity index (χ0) is 19.5. The van der Waals surface area contributed by atoms with Crippen LogP contribution in [0.5, 0.6) is 0 Å². The topological polar surface area (TPSA) is 37.3 Å². The average Bonchev–Trinajstić information content (AvgIpc) is 2.74. The van der Waals surface area contributed by atoms with Gasteiger partial charge >= 0.3 is 5.97 Å². The Balaban J connectivity index is 2.15. The van der Waals surface area contributed by atoms with Gasteiger partial charge in [0.25, 0.3) is 0 Å². The Morgan fingerprint density at radius 2 is 1.07 bits per heavy atom. The minimum absolute atomic E-state index is 0.305. The fourth-order valence-electron chi connectivity index (χ4n) is 3.50. The molecule has 0 fully saturated rings. The summed E-state index contributed by atoms with van der Waals surface area (Å²) in [4.78, 5) is 12.5. The monoisotopic (exact) mass is 428 g/mol. The molecule has 0 heterocycles. The van der Waals surface area contributed by atoms with Crippen molar-refractivity contribution in [3.05, 3.63) is 107 Å². The van der Waals surface area contributed by atoms with Gasteiger partial charge in [0, 0.05) is 15.6 Å². The third kappa shape index (κ3) is 3.37. The number of carbonyl (C=O) groups is 1. The van der Waals surface area contributed by atoms with Gasteiger partial charge in [-0.15, -0.1) is 0 Å². The molecule has 28 heavy (non-hydrogen) atoms. The van der Waals surface area contributed by atoms with E-state index in [-0.39, 0.29) is 0 Å². The molecule has 0 atom stereocenters. The van der Waals surface area contributed by atoms with Gasteiger partial charge in [-0.05, 0) is 28.3 Å². The van der Waals surface area contributed by atoms with E-state index in [9.17, 15) is 9.90 Å². The summed E-state index contributed by atoms with van der Waals surface area (Å²) < 4.78 is 0.862. The third-order valence-corrected chi connectivity index (χ3v) is 5.33. The van der Waals surface area contributed by atoms with E-state index in [2.05, 4.69) is 15.9 Å². The fraction of sp³-hybridized carbons (Fsp3) is 0. The molecule has 0 amide bonds. The summed E-state index contributed by atoms with van der Waals surface area (Å²) in [5, 5.41) is 10.2. The van der Waals surface area contributed by atoms with Gasteiger partial charge in [-0.1, -0.05) is 107 Å². The van der Waals surface area contributed by atoms with Gasteiger partial charge in [-0.3, -0.25) is 0 Å². The Bertz CT molecular complexity index is 1120. The highest BCUT2D eigenvalue weighted by Crippen LogP contribution is 2.44. The second kappa shape index (κ2) is 7.83. The summed E-state index contributed by atoms with van der Waals surface area (Å²) in [6.45, 7) is 0. The lowest BCUT2D eigenvalue weighted by atomic mass is 9.86. The molecule has 0 saturated carbocycles. The normalized spacial score (nSPS) is 10.6. The summed E-state index contributed by atoms with van der Waals surface area (Å²) in [5.41, 5.74) is 5.30. The van der Waals surface area contributed by atoms with Crippen molar-refractivity contribution in [1.82, 2.24) is 0 Å². The third-order valence-electron chi connectivity index (χ3n) is 4.70. The number of carboxylic acids is 1. The molecule has 0 radical (unpaired) electrons. The molecule has 0 aliphatic carbocycles. The minimum Gasteiger partial charge on any atom is -0.478 e. The van der Waals surface area contributed by atoms with Gasteiger partial charge in [0.05, 0.1) is 5.56 Å². The Hall–Kier alpha value is -3.17. The molecular formula is C25H17BrO2. The SMILES string of the molecule is O=C(O)c1c(-c2ccccc2)cc(Br)c(-c2ccccc2)c1-c1ccccc1. The number of aromatic carboxylic acids is 1. The molecule has 0 unspecified atom stereocenters. The first-order valence-corrected chi connectivity index (χ1v) is 9.72. The number of carboxylic acid groups (broad SMARTS) is 1. The van der Waals surface area contributed by atoms with Crippen LogP contribution in [-0.2, 0) is 0 Å². The molecule has 3 heteroatoms. The standard InChI is InChI=1S/C25H17BrO2/c26-21-16-20(17-10-4-1-5-11-17)24(25(27)28)23(19-14-8-3-9-15-19)22(21)18-12-6-2-7-13-18/h1-16H,(H,27,28). The molecule has 1 N–H and O–H groups in total. The van der Waals surface area contributed by atoms with Crippen LogP contribution in [0.25, 0.3) is 33.4 Å². The molecule has 4 aromatic rings. The van der Waals surface area contributed by atoms with Crippen LogP contribution in [0.4, 0.5) is 0 Å². The van der Waals surface area contributed by atoms with E-state index >= 15 is 0 Å². The molecule has 0 aliphatic heterocycles. The lowest BCUT2D eigenvalue weighted by Crippen LogP contribution is -2.05. The molecule has 136 valence electrons. The molecule has 0 aromatic heterocycles. The van der Waals surface area contributed by atoms with Crippen LogP contribution in [0.1, 0.15) is 10.4 Å². The zero-order valence-corrected chi connectivity index (χ0v) is 16.6. The highest BCUT2D eigenvalue weighted by atomic mass is 79.9. The van der Waals surface area contributed by atoms with Crippen LogP contribution in [0, 0.1) is 0 Å². The van der Waals surface area contributed by atoms with E-state index in [0.717, 1.165) is 26.7 Å². The van der Waals surface area contributed by atoms with Gasteiger partial charge in [0.15, 0.2) is 0 Å². The van der Waals surface area contributed by atoms with E-state index < -0.39 is 5.97 Å². The maximum atomic E-state index is 12.5. The lowest BCUT2D eigenvalue weighted by molar-refractivity contribution is 0.0698. The Morgan fingerprint density at radius 3 is 1.54 bits per heavy atom. The van der Waals surface area contributed by atoms with Gasteiger partial charge in [-0.25, -0.2) is 4.79 Å². The molecule has 4 aromatic carbocycles. The van der Waals surface area contributed by atoms with Crippen LogP contribution in [0.15, 0.2) is 102 Å². The second-order valence-corrected chi connectivity index (χ2v) is 7.29. The Morgan fingerprint density at radius 1 is 0.643 bits per heavy atom. The molecule has 0 bridgehead atoms. The van der Waals surface area contributed by atoms with Crippen molar-refractivity contribution in [1.29, 1.82) is 0 Å². The van der Waals surface area contributed by atoms with Crippen LogP contribution in [-0.4, -0.2) is 11.1 Å². The molecule has 0 saturated heterocycles. The molecular weight excluding hydrogens is 412 g/mol. The molecule has 2 nitrogen and oxygen atoms in total. The smallest absolute Gasteiger partial charge is 0.336 e. The van der Waals surface area contributed by atoms with Crippen LogP contribution >= 0.6 is 15.9 Å². The predicted molar refractivity (Wildman–Crippen MR) is 117 cm³/mol. The molecule has 0 aliphatic rings. The van der Waals surface area contributed by atoms with Gasteiger partial charge in [0.1, 0.15) is 0 Å². The van der Waals surface area contributed by atoms with Crippen molar-refractivity contribution in [2.75, 3.05) is 0 Å². The first kappa shape index (κ1) is 18.2.